The highest BCUT2D eigenvalue weighted by atomic mass is 16.6. The molecular weight excluding hydrogens is 995 g/mol. The first-order valence-corrected chi connectivity index (χ1v) is 27.7. The van der Waals surface area contributed by atoms with Gasteiger partial charge in [-0.2, -0.15) is 0 Å². The average molecular weight is 1080 g/mol. The van der Waals surface area contributed by atoms with Crippen molar-refractivity contribution in [3.63, 3.8) is 0 Å². The fourth-order valence-corrected chi connectivity index (χ4v) is 11.0. The van der Waals surface area contributed by atoms with Crippen molar-refractivity contribution >= 4 is 64.8 Å². The number of ketones is 1. The monoisotopic (exact) mass is 1080 g/mol. The lowest BCUT2D eigenvalue weighted by Gasteiger charge is -2.40. The number of Topliss-reactive ketones (excluding diaryl/α,β-unsaturated/α-hetero) is 1. The van der Waals surface area contributed by atoms with E-state index in [1.807, 2.05) is 33.8 Å². The molecule has 4 aliphatic heterocycles. The normalized spacial score (nSPS) is 28.7. The Hall–Kier alpha value is -5.96. The highest BCUT2D eigenvalue weighted by molar-refractivity contribution is 6.07. The number of anilines is 1. The molecule has 0 saturated carbocycles. The standard InChI is InChI=1S/C56H85N7O14/c1-13-32(8)45-43(65)28-44(66)77-48(31(6)7)47(67)33(9)49(68)57-37(26-29(2)3)53(72)62-25-17-21-40(62)55(74)63-38-19-15-14-18-36(38)22-23-41(63)56(75)76-35(11)46(51(70)58-45)59-50(69)42(27-30(4)5)60(12)54(73)39-20-16-24-61(39)52(71)34(10)64/h14-15,18-19,29-35,37,39-43,45-46,48,64-65H,13,16-17,20-28H2,1-12H3,(H,57,68)(H,58,70)(H,59,69)/t32-,33-,34-,35+,37-,39-,40-,41-,42-,43-,45+,46-,48-/m0/s1. The first kappa shape index (κ1) is 61.9. The molecule has 7 amide bonds. The maximum atomic E-state index is 15.2. The number of hydrogen-bond acceptors (Lipinski definition) is 14. The van der Waals surface area contributed by atoms with Crippen molar-refractivity contribution in [1.82, 2.24) is 30.7 Å². The summed E-state index contributed by atoms with van der Waals surface area (Å²) < 4.78 is 11.9. The maximum absolute atomic E-state index is 15.2. The number of benzene rings is 1. The van der Waals surface area contributed by atoms with Gasteiger partial charge in [0.25, 0.3) is 11.8 Å². The molecule has 4 aliphatic rings. The molecule has 1 aromatic carbocycles. The minimum Gasteiger partial charge on any atom is -0.458 e. The molecule has 0 aromatic heterocycles. The van der Waals surface area contributed by atoms with E-state index in [2.05, 4.69) is 16.0 Å². The number of likely N-dealkylation sites (N-methyl/N-ethyl adjacent to an activating group) is 1. The predicted molar refractivity (Wildman–Crippen MR) is 283 cm³/mol. The molecule has 0 aliphatic carbocycles. The van der Waals surface area contributed by atoms with Gasteiger partial charge in [-0.25, -0.2) is 4.79 Å². The molecule has 0 unspecified atom stereocenters. The van der Waals surface area contributed by atoms with Gasteiger partial charge in [-0.1, -0.05) is 80.0 Å². The highest BCUT2D eigenvalue weighted by Crippen LogP contribution is 2.35. The number of esters is 2. The van der Waals surface area contributed by atoms with E-state index in [4.69, 9.17) is 9.47 Å². The molecule has 1 aromatic rings. The zero-order chi connectivity index (χ0) is 57.3. The van der Waals surface area contributed by atoms with Gasteiger partial charge in [-0.15, -0.1) is 0 Å². The van der Waals surface area contributed by atoms with Crippen molar-refractivity contribution in [1.29, 1.82) is 0 Å². The second kappa shape index (κ2) is 27.1. The molecule has 0 radical (unpaired) electrons. The lowest BCUT2D eigenvalue weighted by atomic mass is 9.91. The number of carbonyl (C=O) groups excluding carboxylic acids is 10. The van der Waals surface area contributed by atoms with E-state index in [-0.39, 0.29) is 57.0 Å². The fourth-order valence-electron chi connectivity index (χ4n) is 11.0. The van der Waals surface area contributed by atoms with Crippen molar-refractivity contribution < 1.29 is 67.6 Å². The summed E-state index contributed by atoms with van der Waals surface area (Å²) in [5, 5.41) is 30.3. The summed E-state index contributed by atoms with van der Waals surface area (Å²) in [5.74, 6) is -10.5. The van der Waals surface area contributed by atoms with E-state index < -0.39 is 150 Å². The quantitative estimate of drug-likeness (QED) is 0.149. The lowest BCUT2D eigenvalue weighted by molar-refractivity contribution is -0.162. The average Bonchev–Trinajstić information content (AvgIpc) is 4.09. The molecule has 0 bridgehead atoms. The van der Waals surface area contributed by atoms with Crippen molar-refractivity contribution in [2.45, 2.75) is 207 Å². The Labute approximate surface area is 453 Å². The topological polar surface area (TPSA) is 279 Å². The molecule has 21 heteroatoms. The molecular formula is C56H85N7O14. The number of para-hydroxylation sites is 1. The fraction of sp³-hybridized carbons (Fsp3) is 0.714. The number of aliphatic hydroxyl groups is 2. The summed E-state index contributed by atoms with van der Waals surface area (Å²) in [7, 11) is 1.41. The van der Waals surface area contributed by atoms with Gasteiger partial charge in [0.2, 0.25) is 29.5 Å². The number of cyclic esters (lactones) is 2. The third-order valence-electron chi connectivity index (χ3n) is 15.6. The van der Waals surface area contributed by atoms with Crippen molar-refractivity contribution in [3.8, 4) is 0 Å². The second-order valence-electron chi connectivity index (χ2n) is 22.8. The molecule has 3 saturated heterocycles. The van der Waals surface area contributed by atoms with E-state index in [1.54, 1.807) is 45.9 Å². The van der Waals surface area contributed by atoms with E-state index in [9.17, 15) is 53.4 Å². The number of nitrogens with one attached hydrogen (secondary N) is 3. The van der Waals surface area contributed by atoms with Gasteiger partial charge in [0.1, 0.15) is 48.5 Å². The number of fused-ring (bicyclic) bond motifs is 4. The van der Waals surface area contributed by atoms with Crippen LogP contribution in [0.15, 0.2) is 24.3 Å². The highest BCUT2D eigenvalue weighted by Gasteiger charge is 2.48. The van der Waals surface area contributed by atoms with Gasteiger partial charge < -0.3 is 50.3 Å². The third-order valence-corrected chi connectivity index (χ3v) is 15.6. The van der Waals surface area contributed by atoms with Crippen molar-refractivity contribution in [3.05, 3.63) is 29.8 Å². The number of aryl methyl sites for hydroxylation is 1. The number of hydrogen-bond donors (Lipinski definition) is 5. The minimum absolute atomic E-state index is 0.0744. The summed E-state index contributed by atoms with van der Waals surface area (Å²) >= 11 is 0. The van der Waals surface area contributed by atoms with Gasteiger partial charge in [0.15, 0.2) is 11.9 Å². The zero-order valence-electron chi connectivity index (χ0n) is 47.1. The van der Waals surface area contributed by atoms with Crippen LogP contribution >= 0.6 is 0 Å². The Bertz CT molecular complexity index is 2340. The van der Waals surface area contributed by atoms with Crippen LogP contribution in [0.1, 0.15) is 140 Å². The first-order chi connectivity index (χ1) is 36.2. The van der Waals surface area contributed by atoms with E-state index in [0.29, 0.717) is 31.4 Å². The van der Waals surface area contributed by atoms with Gasteiger partial charge in [-0.05, 0) is 107 Å². The van der Waals surface area contributed by atoms with Crippen LogP contribution in [0.4, 0.5) is 5.69 Å². The smallest absolute Gasteiger partial charge is 0.329 e. The van der Waals surface area contributed by atoms with Crippen LogP contribution in [0.5, 0.6) is 0 Å². The van der Waals surface area contributed by atoms with Crippen molar-refractivity contribution in [2.75, 3.05) is 25.0 Å². The van der Waals surface area contributed by atoms with Gasteiger partial charge >= 0.3 is 11.9 Å². The van der Waals surface area contributed by atoms with Gasteiger partial charge in [0, 0.05) is 25.8 Å². The molecule has 5 N–H and O–H groups in total. The van der Waals surface area contributed by atoms with E-state index >= 15 is 4.79 Å². The van der Waals surface area contributed by atoms with Gasteiger partial charge in [0.05, 0.1) is 24.5 Å². The molecule has 13 atom stereocenters. The van der Waals surface area contributed by atoms with Crippen LogP contribution in [0, 0.1) is 29.6 Å². The van der Waals surface area contributed by atoms with Crippen LogP contribution in [0.25, 0.3) is 0 Å². The molecule has 3 fully saturated rings. The first-order valence-electron chi connectivity index (χ1n) is 27.7. The summed E-state index contributed by atoms with van der Waals surface area (Å²) in [4.78, 5) is 149. The van der Waals surface area contributed by atoms with Gasteiger partial charge in [-0.3, -0.25) is 48.1 Å². The number of ether oxygens (including phenoxy) is 2. The molecule has 77 heavy (non-hydrogen) atoms. The maximum Gasteiger partial charge on any atom is 0.329 e. The predicted octanol–water partition coefficient (Wildman–Crippen LogP) is 2.59. The molecule has 0 spiro atoms. The second-order valence-corrected chi connectivity index (χ2v) is 22.8. The Morgan fingerprint density at radius 3 is 2.12 bits per heavy atom. The SMILES string of the molecule is CC[C@H](C)[C@H]1NC(=O)[C@@H](NC(=O)[C@H](CC(C)C)N(C)C(=O)[C@@H]2CCCN2C(=O)[C@H](C)O)[C@@H](C)OC(=O)[C@@H]2CCc3ccccc3N2C(=O)[C@@H]2CCCN2C(=O)[C@H](CC(C)C)NC(=O)[C@@H](C)C(=O)[C@H](C(C)C)OC(=O)C[C@@H]1O. The molecule has 428 valence electrons. The van der Waals surface area contributed by atoms with Crippen LogP contribution in [0.2, 0.25) is 0 Å². The van der Waals surface area contributed by atoms with E-state index in [0.717, 1.165) is 5.56 Å². The number of rotatable bonds is 12. The Kier molecular flexibility index (Phi) is 21.8. The summed E-state index contributed by atoms with van der Waals surface area (Å²) in [6.07, 6.45) is -4.26. The minimum atomic E-state index is -1.73. The van der Waals surface area contributed by atoms with E-state index in [1.165, 1.54) is 47.4 Å². The summed E-state index contributed by atoms with van der Waals surface area (Å²) in [6, 6.07) is -1.65. The number of likely N-dealkylation sites (tertiary alicyclic amines) is 1. The summed E-state index contributed by atoms with van der Waals surface area (Å²) in [5.41, 5.74) is 1.16. The van der Waals surface area contributed by atoms with Crippen LogP contribution < -0.4 is 20.9 Å². The van der Waals surface area contributed by atoms with Crippen molar-refractivity contribution in [2.24, 2.45) is 29.6 Å². The number of carbonyl (C=O) groups is 10. The third kappa shape index (κ3) is 14.8. The molecule has 21 nitrogen and oxygen atoms in total. The Balaban J connectivity index is 1.61. The molecule has 4 heterocycles. The lowest BCUT2D eigenvalue weighted by Crippen LogP contribution is -2.62. The van der Waals surface area contributed by atoms with Crippen LogP contribution in [-0.2, 0) is 63.8 Å². The zero-order valence-corrected chi connectivity index (χ0v) is 47.1. The molecule has 5 rings (SSSR count). The Morgan fingerprint density at radius 1 is 0.831 bits per heavy atom. The summed E-state index contributed by atoms with van der Waals surface area (Å²) in [6.45, 7) is 18.5. The van der Waals surface area contributed by atoms with Crippen LogP contribution in [-0.4, -0.2) is 171 Å². The number of aliphatic hydroxyl groups excluding tert-OH is 2. The largest absolute Gasteiger partial charge is 0.458 e. The number of amides is 7. The number of nitrogens with zero attached hydrogens (tertiary/aromatic N) is 4. The van der Waals surface area contributed by atoms with Crippen LogP contribution in [0.3, 0.4) is 0 Å². The Morgan fingerprint density at radius 2 is 1.49 bits per heavy atom.